The molecular formula is C14H11NO6. The van der Waals surface area contributed by atoms with Gasteiger partial charge in [-0.2, -0.15) is 0 Å². The van der Waals surface area contributed by atoms with Crippen LogP contribution in [0, 0.1) is 10.1 Å². The van der Waals surface area contributed by atoms with Gasteiger partial charge in [-0.05, 0) is 31.2 Å². The lowest BCUT2D eigenvalue weighted by atomic mass is 10.1. The smallest absolute Gasteiger partial charge is 0.338 e. The highest BCUT2D eigenvalue weighted by molar-refractivity contribution is 5.91. The third-order valence-electron chi connectivity index (χ3n) is 2.71. The van der Waals surface area contributed by atoms with Gasteiger partial charge in [0.2, 0.25) is 0 Å². The predicted molar refractivity (Wildman–Crippen MR) is 72.1 cm³/mol. The van der Waals surface area contributed by atoms with Gasteiger partial charge in [0.1, 0.15) is 5.76 Å². The highest BCUT2D eigenvalue weighted by Gasteiger charge is 2.21. The lowest BCUT2D eigenvalue weighted by Crippen LogP contribution is -2.05. The molecule has 0 saturated heterocycles. The second-order valence-electron chi connectivity index (χ2n) is 4.03. The normalized spacial score (nSPS) is 10.1. The summed E-state index contributed by atoms with van der Waals surface area (Å²) < 4.78 is 9.97. The highest BCUT2D eigenvalue weighted by atomic mass is 16.6. The van der Waals surface area contributed by atoms with Crippen LogP contribution in [0.25, 0.3) is 11.3 Å². The molecule has 0 radical (unpaired) electrons. The fourth-order valence-corrected chi connectivity index (χ4v) is 1.79. The summed E-state index contributed by atoms with van der Waals surface area (Å²) >= 11 is 0. The summed E-state index contributed by atoms with van der Waals surface area (Å²) in [6.45, 7) is 1.82. The highest BCUT2D eigenvalue weighted by Crippen LogP contribution is 2.32. The fraction of sp³-hybridized carbons (Fsp3) is 0.143. The summed E-state index contributed by atoms with van der Waals surface area (Å²) in [5.74, 6) is -0.395. The van der Waals surface area contributed by atoms with E-state index in [0.29, 0.717) is 6.29 Å². The van der Waals surface area contributed by atoms with Crippen LogP contribution in [0.5, 0.6) is 0 Å². The molecule has 0 aliphatic rings. The molecule has 0 unspecified atom stereocenters. The first-order valence-corrected chi connectivity index (χ1v) is 6.07. The van der Waals surface area contributed by atoms with E-state index in [-0.39, 0.29) is 34.9 Å². The van der Waals surface area contributed by atoms with Gasteiger partial charge in [-0.1, -0.05) is 0 Å². The van der Waals surface area contributed by atoms with E-state index >= 15 is 0 Å². The van der Waals surface area contributed by atoms with Crippen LogP contribution in [-0.4, -0.2) is 23.8 Å². The zero-order chi connectivity index (χ0) is 15.4. The van der Waals surface area contributed by atoms with Crippen LogP contribution in [0.15, 0.2) is 34.7 Å². The Kier molecular flexibility index (Phi) is 4.13. The largest absolute Gasteiger partial charge is 0.462 e. The van der Waals surface area contributed by atoms with E-state index < -0.39 is 10.9 Å². The number of hydrogen-bond acceptors (Lipinski definition) is 6. The van der Waals surface area contributed by atoms with Crippen molar-refractivity contribution in [1.82, 2.24) is 0 Å². The van der Waals surface area contributed by atoms with Crippen molar-refractivity contribution in [2.75, 3.05) is 6.61 Å². The third-order valence-corrected chi connectivity index (χ3v) is 2.71. The summed E-state index contributed by atoms with van der Waals surface area (Å²) in [6.07, 6.45) is 0.502. The Labute approximate surface area is 119 Å². The molecule has 0 bridgehead atoms. The Morgan fingerprint density at radius 3 is 2.71 bits per heavy atom. The molecular weight excluding hydrogens is 278 g/mol. The number of furan rings is 1. The van der Waals surface area contributed by atoms with Crippen LogP contribution in [0.4, 0.5) is 5.69 Å². The quantitative estimate of drug-likeness (QED) is 0.363. The molecule has 0 N–H and O–H groups in total. The molecule has 0 fully saturated rings. The number of carbonyl (C=O) groups is 2. The van der Waals surface area contributed by atoms with Crippen molar-refractivity contribution < 1.29 is 23.7 Å². The van der Waals surface area contributed by atoms with Gasteiger partial charge in [-0.25, -0.2) is 4.79 Å². The maximum absolute atomic E-state index is 11.6. The second-order valence-corrected chi connectivity index (χ2v) is 4.03. The maximum atomic E-state index is 11.6. The fourth-order valence-electron chi connectivity index (χ4n) is 1.79. The van der Waals surface area contributed by atoms with E-state index in [4.69, 9.17) is 9.15 Å². The van der Waals surface area contributed by atoms with Gasteiger partial charge in [0.15, 0.2) is 12.0 Å². The Morgan fingerprint density at radius 2 is 2.14 bits per heavy atom. The zero-order valence-electron chi connectivity index (χ0n) is 11.1. The van der Waals surface area contributed by atoms with E-state index in [0.717, 1.165) is 6.07 Å². The molecule has 0 saturated carbocycles. The van der Waals surface area contributed by atoms with Gasteiger partial charge in [0, 0.05) is 6.07 Å². The van der Waals surface area contributed by atoms with Crippen molar-refractivity contribution in [3.8, 4) is 11.3 Å². The van der Waals surface area contributed by atoms with Crippen molar-refractivity contribution in [1.29, 1.82) is 0 Å². The van der Waals surface area contributed by atoms with Crippen molar-refractivity contribution in [3.63, 3.8) is 0 Å². The summed E-state index contributed by atoms with van der Waals surface area (Å²) in [5.41, 5.74) is -0.0389. The molecule has 0 spiro atoms. The topological polar surface area (TPSA) is 99.7 Å². The van der Waals surface area contributed by atoms with Crippen LogP contribution in [0.2, 0.25) is 0 Å². The Morgan fingerprint density at radius 1 is 1.38 bits per heavy atom. The summed E-state index contributed by atoms with van der Waals surface area (Å²) in [6, 6.07) is 6.78. The van der Waals surface area contributed by atoms with Crippen LogP contribution in [-0.2, 0) is 4.74 Å². The molecule has 7 heteroatoms. The number of ether oxygens (including phenoxy) is 1. The predicted octanol–water partition coefficient (Wildman–Crippen LogP) is 2.84. The molecule has 2 aromatic rings. The number of nitro benzene ring substituents is 1. The van der Waals surface area contributed by atoms with Crippen LogP contribution >= 0.6 is 0 Å². The van der Waals surface area contributed by atoms with Crippen LogP contribution in [0.3, 0.4) is 0 Å². The van der Waals surface area contributed by atoms with Gasteiger partial charge in [-0.15, -0.1) is 0 Å². The number of nitro groups is 1. The first-order chi connectivity index (χ1) is 10.1. The molecule has 1 aromatic heterocycles. The monoisotopic (exact) mass is 289 g/mol. The Bertz CT molecular complexity index is 703. The summed E-state index contributed by atoms with van der Waals surface area (Å²) in [5, 5.41) is 11.1. The molecule has 1 heterocycles. The van der Waals surface area contributed by atoms with E-state index in [9.17, 15) is 19.7 Å². The third kappa shape index (κ3) is 2.97. The second kappa shape index (κ2) is 6.00. The van der Waals surface area contributed by atoms with Crippen molar-refractivity contribution in [3.05, 3.63) is 51.8 Å². The van der Waals surface area contributed by atoms with E-state index in [2.05, 4.69) is 0 Å². The van der Waals surface area contributed by atoms with Crippen molar-refractivity contribution >= 4 is 17.9 Å². The number of esters is 1. The van der Waals surface area contributed by atoms with Crippen molar-refractivity contribution in [2.45, 2.75) is 6.92 Å². The van der Waals surface area contributed by atoms with Gasteiger partial charge in [-0.3, -0.25) is 14.9 Å². The number of benzene rings is 1. The van der Waals surface area contributed by atoms with Gasteiger partial charge >= 0.3 is 5.97 Å². The molecule has 0 atom stereocenters. The number of carbonyl (C=O) groups excluding carboxylic acids is 2. The number of rotatable bonds is 5. The summed E-state index contributed by atoms with van der Waals surface area (Å²) in [7, 11) is 0. The Balaban J connectivity index is 2.49. The van der Waals surface area contributed by atoms with Gasteiger partial charge in [0.05, 0.1) is 22.7 Å². The first kappa shape index (κ1) is 14.4. The van der Waals surface area contributed by atoms with E-state index in [1.807, 2.05) is 0 Å². The maximum Gasteiger partial charge on any atom is 0.338 e. The SMILES string of the molecule is CCOC(=O)c1ccc(-c2ccc(C=O)o2)c([N+](=O)[O-])c1. The lowest BCUT2D eigenvalue weighted by Gasteiger charge is -2.04. The molecule has 0 aliphatic heterocycles. The van der Waals surface area contributed by atoms with Gasteiger partial charge < -0.3 is 9.15 Å². The molecule has 0 amide bonds. The van der Waals surface area contributed by atoms with Crippen LogP contribution < -0.4 is 0 Å². The number of aldehydes is 1. The molecule has 7 nitrogen and oxygen atoms in total. The molecule has 108 valence electrons. The minimum Gasteiger partial charge on any atom is -0.462 e. The first-order valence-electron chi connectivity index (χ1n) is 6.07. The molecule has 21 heavy (non-hydrogen) atoms. The van der Waals surface area contributed by atoms with E-state index in [1.54, 1.807) is 6.92 Å². The molecule has 2 rings (SSSR count). The average Bonchev–Trinajstić information content (AvgIpc) is 2.95. The van der Waals surface area contributed by atoms with E-state index in [1.165, 1.54) is 24.3 Å². The van der Waals surface area contributed by atoms with Crippen molar-refractivity contribution in [2.24, 2.45) is 0 Å². The lowest BCUT2D eigenvalue weighted by molar-refractivity contribution is -0.384. The minimum atomic E-state index is -0.639. The standard InChI is InChI=1S/C14H11NO6/c1-2-20-14(17)9-3-5-11(12(7-9)15(18)19)13-6-4-10(8-16)21-13/h3-8H,2H2,1H3. The molecule has 0 aliphatic carbocycles. The number of hydrogen-bond donors (Lipinski definition) is 0. The average molecular weight is 289 g/mol. The summed E-state index contributed by atoms with van der Waals surface area (Å²) in [4.78, 5) is 32.7. The zero-order valence-corrected chi connectivity index (χ0v) is 11.1. The van der Waals surface area contributed by atoms with Gasteiger partial charge in [0.25, 0.3) is 5.69 Å². The Hall–Kier alpha value is -2.96. The van der Waals surface area contributed by atoms with Crippen LogP contribution in [0.1, 0.15) is 27.8 Å². The number of nitrogens with zero attached hydrogens (tertiary/aromatic N) is 1. The minimum absolute atomic E-state index is 0.0637. The molecule has 1 aromatic carbocycles.